The molecule has 4 nitrogen and oxygen atoms in total. The molecule has 27 heavy (non-hydrogen) atoms. The summed E-state index contributed by atoms with van der Waals surface area (Å²) in [6.45, 7) is 4.27. The smallest absolute Gasteiger partial charge is 0.123 e. The predicted molar refractivity (Wildman–Crippen MR) is 104 cm³/mol. The highest BCUT2D eigenvalue weighted by atomic mass is 19.1. The molecule has 2 aliphatic rings. The van der Waals surface area contributed by atoms with Crippen molar-refractivity contribution in [3.8, 4) is 5.69 Å². The van der Waals surface area contributed by atoms with Crippen molar-refractivity contribution in [1.82, 2.24) is 15.1 Å². The van der Waals surface area contributed by atoms with Crippen LogP contribution in [0.2, 0.25) is 0 Å². The van der Waals surface area contributed by atoms with E-state index < -0.39 is 0 Å². The molecule has 1 unspecified atom stereocenters. The number of benzene rings is 2. The lowest BCUT2D eigenvalue weighted by molar-refractivity contribution is 0.100. The fourth-order valence-corrected chi connectivity index (χ4v) is 5.27. The van der Waals surface area contributed by atoms with Crippen LogP contribution < -0.4 is 5.32 Å². The van der Waals surface area contributed by atoms with Gasteiger partial charge in [0.2, 0.25) is 0 Å². The molecule has 5 rings (SSSR count). The number of nitrogens with one attached hydrogen (secondary N) is 1. The Morgan fingerprint density at radius 2 is 2.07 bits per heavy atom. The summed E-state index contributed by atoms with van der Waals surface area (Å²) in [4.78, 5) is 0. The van der Waals surface area contributed by atoms with Crippen molar-refractivity contribution in [1.29, 1.82) is 0 Å². The number of nitrogens with zero attached hydrogens (tertiary/aromatic N) is 2. The van der Waals surface area contributed by atoms with Gasteiger partial charge in [-0.3, -0.25) is 0 Å². The van der Waals surface area contributed by atoms with Crippen LogP contribution in [0, 0.1) is 18.7 Å². The normalized spacial score (nSPS) is 27.4. The van der Waals surface area contributed by atoms with Crippen molar-refractivity contribution < 1.29 is 9.13 Å². The predicted octanol–water partition coefficient (Wildman–Crippen LogP) is 3.74. The molecule has 2 fully saturated rings. The molecule has 1 aliphatic carbocycles. The average molecular weight is 365 g/mol. The zero-order chi connectivity index (χ0) is 18.6. The third kappa shape index (κ3) is 2.52. The Kier molecular flexibility index (Phi) is 3.85. The highest BCUT2D eigenvalue weighted by Crippen LogP contribution is 2.50. The molecule has 3 atom stereocenters. The van der Waals surface area contributed by atoms with Gasteiger partial charge in [0.05, 0.1) is 23.5 Å². The van der Waals surface area contributed by atoms with Crippen LogP contribution in [0.1, 0.15) is 24.0 Å². The minimum atomic E-state index is -0.235. The molecular formula is C22H24FN3O. The van der Waals surface area contributed by atoms with E-state index in [4.69, 9.17) is 4.74 Å². The van der Waals surface area contributed by atoms with E-state index in [0.29, 0.717) is 12.0 Å². The second-order valence-corrected chi connectivity index (χ2v) is 8.04. The highest BCUT2D eigenvalue weighted by molar-refractivity contribution is 5.82. The maximum Gasteiger partial charge on any atom is 0.123 e. The summed E-state index contributed by atoms with van der Waals surface area (Å²) < 4.78 is 20.9. The Bertz CT molecular complexity index is 997. The van der Waals surface area contributed by atoms with E-state index in [2.05, 4.69) is 29.5 Å². The first-order valence-electron chi connectivity index (χ1n) is 9.59. The summed E-state index contributed by atoms with van der Waals surface area (Å²) in [5, 5.41) is 9.31. The van der Waals surface area contributed by atoms with Gasteiger partial charge in [0.15, 0.2) is 0 Å². The topological polar surface area (TPSA) is 39.1 Å². The van der Waals surface area contributed by atoms with Crippen LogP contribution >= 0.6 is 0 Å². The van der Waals surface area contributed by atoms with Crippen LogP contribution in [-0.4, -0.2) is 36.1 Å². The zero-order valence-electron chi connectivity index (χ0n) is 15.7. The van der Waals surface area contributed by atoms with Gasteiger partial charge in [0, 0.05) is 24.5 Å². The van der Waals surface area contributed by atoms with Gasteiger partial charge in [-0.1, -0.05) is 0 Å². The van der Waals surface area contributed by atoms with Crippen molar-refractivity contribution in [3.63, 3.8) is 0 Å². The number of ether oxygens (including phenoxy) is 1. The maximum atomic E-state index is 13.3. The van der Waals surface area contributed by atoms with E-state index in [1.165, 1.54) is 23.3 Å². The quantitative estimate of drug-likeness (QED) is 0.769. The Morgan fingerprint density at radius 3 is 2.85 bits per heavy atom. The summed E-state index contributed by atoms with van der Waals surface area (Å²) in [6.07, 6.45) is 4.45. The molecule has 1 aromatic heterocycles. The number of fused-ring (bicyclic) bond motifs is 2. The van der Waals surface area contributed by atoms with Crippen LogP contribution in [0.3, 0.4) is 0 Å². The molecule has 1 aliphatic heterocycles. The van der Waals surface area contributed by atoms with Crippen molar-refractivity contribution >= 4 is 10.9 Å². The third-order valence-electron chi connectivity index (χ3n) is 6.61. The van der Waals surface area contributed by atoms with Gasteiger partial charge in [-0.25, -0.2) is 9.07 Å². The van der Waals surface area contributed by atoms with E-state index >= 15 is 0 Å². The zero-order valence-corrected chi connectivity index (χ0v) is 15.7. The lowest BCUT2D eigenvalue weighted by atomic mass is 9.72. The third-order valence-corrected chi connectivity index (χ3v) is 6.61. The lowest BCUT2D eigenvalue weighted by Gasteiger charge is -2.31. The summed E-state index contributed by atoms with van der Waals surface area (Å²) in [5.74, 6) is 0.382. The fourth-order valence-electron chi connectivity index (χ4n) is 5.27. The molecule has 2 heterocycles. The van der Waals surface area contributed by atoms with Crippen molar-refractivity contribution in [2.45, 2.75) is 31.3 Å². The average Bonchev–Trinajstić information content (AvgIpc) is 3.33. The molecule has 5 heteroatoms. The number of methoxy groups -OCH3 is 1. The van der Waals surface area contributed by atoms with Crippen molar-refractivity contribution in [2.24, 2.45) is 5.92 Å². The van der Waals surface area contributed by atoms with Gasteiger partial charge >= 0.3 is 0 Å². The molecule has 1 N–H and O–H groups in total. The molecule has 2 aromatic carbocycles. The minimum absolute atomic E-state index is 0.150. The minimum Gasteiger partial charge on any atom is -0.381 e. The van der Waals surface area contributed by atoms with E-state index in [0.717, 1.165) is 42.5 Å². The van der Waals surface area contributed by atoms with Crippen LogP contribution in [0.25, 0.3) is 16.6 Å². The lowest BCUT2D eigenvalue weighted by Crippen LogP contribution is -2.32. The van der Waals surface area contributed by atoms with Crippen LogP contribution in [0.15, 0.2) is 42.6 Å². The van der Waals surface area contributed by atoms with Crippen LogP contribution in [-0.2, 0) is 10.2 Å². The van der Waals surface area contributed by atoms with Crippen molar-refractivity contribution in [3.05, 3.63) is 59.5 Å². The molecule has 1 saturated heterocycles. The fraction of sp³-hybridized carbons (Fsp3) is 0.409. The number of hydrogen-bond acceptors (Lipinski definition) is 3. The molecule has 1 saturated carbocycles. The maximum absolute atomic E-state index is 13.3. The first-order chi connectivity index (χ1) is 13.1. The van der Waals surface area contributed by atoms with Crippen LogP contribution in [0.5, 0.6) is 0 Å². The molecule has 140 valence electrons. The largest absolute Gasteiger partial charge is 0.381 e. The Hall–Kier alpha value is -2.24. The number of aromatic nitrogens is 2. The number of aryl methyl sites for hydroxylation is 1. The molecule has 0 bridgehead atoms. The second kappa shape index (κ2) is 6.14. The monoisotopic (exact) mass is 365 g/mol. The van der Waals surface area contributed by atoms with Gasteiger partial charge in [-0.2, -0.15) is 5.10 Å². The first kappa shape index (κ1) is 16.9. The van der Waals surface area contributed by atoms with E-state index in [9.17, 15) is 4.39 Å². The van der Waals surface area contributed by atoms with Gasteiger partial charge in [0.1, 0.15) is 5.82 Å². The van der Waals surface area contributed by atoms with E-state index in [1.54, 1.807) is 12.1 Å². The molecule has 0 radical (unpaired) electrons. The van der Waals surface area contributed by atoms with E-state index in [1.807, 2.05) is 18.0 Å². The van der Waals surface area contributed by atoms with Gasteiger partial charge in [0.25, 0.3) is 0 Å². The van der Waals surface area contributed by atoms with Crippen molar-refractivity contribution in [2.75, 3.05) is 20.2 Å². The Morgan fingerprint density at radius 1 is 1.26 bits per heavy atom. The second-order valence-electron chi connectivity index (χ2n) is 8.04. The summed E-state index contributed by atoms with van der Waals surface area (Å²) in [7, 11) is 1.83. The van der Waals surface area contributed by atoms with Gasteiger partial charge < -0.3 is 10.1 Å². The standard InChI is InChI=1S/C22H24FN3O/c1-14-7-21-15(11-25-26(21)18-5-3-17(23)4-6-18)8-20(14)22-10-19(27-2)9-16(22)12-24-13-22/h3-8,11,16,19,24H,9-10,12-13H2,1-2H3/t16-,19?,22-/m0/s1. The summed E-state index contributed by atoms with van der Waals surface area (Å²) in [5.41, 5.74) is 4.79. The molecular weight excluding hydrogens is 341 g/mol. The summed E-state index contributed by atoms with van der Waals surface area (Å²) >= 11 is 0. The Labute approximate surface area is 158 Å². The van der Waals surface area contributed by atoms with E-state index in [-0.39, 0.29) is 11.2 Å². The molecule has 3 aromatic rings. The number of halogens is 1. The molecule has 0 spiro atoms. The Balaban J connectivity index is 1.62. The molecule has 0 amide bonds. The first-order valence-corrected chi connectivity index (χ1v) is 9.59. The van der Waals surface area contributed by atoms with Crippen LogP contribution in [0.4, 0.5) is 4.39 Å². The number of hydrogen-bond donors (Lipinski definition) is 1. The van der Waals surface area contributed by atoms with Gasteiger partial charge in [-0.15, -0.1) is 0 Å². The van der Waals surface area contributed by atoms with Gasteiger partial charge in [-0.05, 0) is 79.8 Å². The number of rotatable bonds is 3. The highest BCUT2D eigenvalue weighted by Gasteiger charge is 2.51. The summed E-state index contributed by atoms with van der Waals surface area (Å²) in [6, 6.07) is 11.0. The SMILES string of the molecule is COC1C[C@H]2CNC[C@@]2(c2cc3cnn(-c4ccc(F)cc4)c3cc2C)C1.